The van der Waals surface area contributed by atoms with Gasteiger partial charge in [-0.2, -0.15) is 5.10 Å². The van der Waals surface area contributed by atoms with Gasteiger partial charge in [-0.05, 0) is 31.8 Å². The molecule has 130 valence electrons. The van der Waals surface area contributed by atoms with E-state index < -0.39 is 0 Å². The van der Waals surface area contributed by atoms with Crippen molar-refractivity contribution >= 4 is 0 Å². The van der Waals surface area contributed by atoms with E-state index in [2.05, 4.69) is 26.8 Å². The van der Waals surface area contributed by atoms with Crippen LogP contribution >= 0.6 is 0 Å². The Kier molecular flexibility index (Phi) is 5.99. The summed E-state index contributed by atoms with van der Waals surface area (Å²) in [6.45, 7) is 9.24. The van der Waals surface area contributed by atoms with Crippen LogP contribution in [0.3, 0.4) is 0 Å². The van der Waals surface area contributed by atoms with Gasteiger partial charge in [-0.3, -0.25) is 9.58 Å². The number of aromatic nitrogens is 3. The van der Waals surface area contributed by atoms with E-state index in [9.17, 15) is 5.11 Å². The average Bonchev–Trinajstić information content (AvgIpc) is 3.03. The van der Waals surface area contributed by atoms with E-state index >= 15 is 0 Å². The lowest BCUT2D eigenvalue weighted by molar-refractivity contribution is -0.0514. The average molecular weight is 323 g/mol. The molecule has 0 aromatic carbocycles. The van der Waals surface area contributed by atoms with Crippen molar-refractivity contribution in [1.29, 1.82) is 0 Å². The maximum absolute atomic E-state index is 10.4. The van der Waals surface area contributed by atoms with Crippen LogP contribution in [0.15, 0.2) is 12.7 Å². The monoisotopic (exact) mass is 323 g/mol. The van der Waals surface area contributed by atoms with Crippen LogP contribution in [0, 0.1) is 5.92 Å². The molecule has 2 saturated heterocycles. The zero-order valence-electron chi connectivity index (χ0n) is 14.0. The Morgan fingerprint density at radius 2 is 2.00 bits per heavy atom. The highest BCUT2D eigenvalue weighted by Crippen LogP contribution is 2.16. The van der Waals surface area contributed by atoms with Gasteiger partial charge in [0.2, 0.25) is 0 Å². The van der Waals surface area contributed by atoms with Crippen molar-refractivity contribution in [3.05, 3.63) is 12.7 Å². The molecule has 0 bridgehead atoms. The highest BCUT2D eigenvalue weighted by atomic mass is 16.5. The van der Waals surface area contributed by atoms with Crippen LogP contribution in [0.2, 0.25) is 0 Å². The molecular formula is C16H29N5O2. The summed E-state index contributed by atoms with van der Waals surface area (Å²) in [4.78, 5) is 8.67. The van der Waals surface area contributed by atoms with Crippen LogP contribution < -0.4 is 0 Å². The largest absolute Gasteiger partial charge is 0.390 e. The summed E-state index contributed by atoms with van der Waals surface area (Å²) >= 11 is 0. The van der Waals surface area contributed by atoms with Crippen LogP contribution in [-0.2, 0) is 11.3 Å². The predicted octanol–water partition coefficient (Wildman–Crippen LogP) is 0.0717. The standard InChI is InChI=1S/C16H29N5O2/c1-14-2-4-19(5-3-14)8-15(22)9-20-6-7-23-16(10-20)11-21-13-17-12-18-21/h12-16,22H,2-11H2,1H3/t15-,16-/m0/s1. The molecular weight excluding hydrogens is 294 g/mol. The van der Waals surface area contributed by atoms with Crippen LogP contribution in [-0.4, -0.2) is 87.8 Å². The summed E-state index contributed by atoms with van der Waals surface area (Å²) in [6, 6.07) is 0. The number of aliphatic hydroxyl groups is 1. The lowest BCUT2D eigenvalue weighted by Gasteiger charge is -2.36. The molecule has 0 aliphatic carbocycles. The van der Waals surface area contributed by atoms with Crippen LogP contribution in [0.1, 0.15) is 19.8 Å². The number of hydrogen-bond acceptors (Lipinski definition) is 6. The first-order valence-electron chi connectivity index (χ1n) is 8.76. The van der Waals surface area contributed by atoms with E-state index in [4.69, 9.17) is 4.74 Å². The van der Waals surface area contributed by atoms with Gasteiger partial charge in [0.1, 0.15) is 12.7 Å². The molecule has 0 amide bonds. The van der Waals surface area contributed by atoms with Crippen molar-refractivity contribution in [3.8, 4) is 0 Å². The van der Waals surface area contributed by atoms with Gasteiger partial charge in [-0.25, -0.2) is 4.98 Å². The smallest absolute Gasteiger partial charge is 0.137 e. The third kappa shape index (κ3) is 5.24. The molecule has 2 aliphatic rings. The van der Waals surface area contributed by atoms with E-state index in [1.54, 1.807) is 17.3 Å². The molecule has 1 aromatic heterocycles. The highest BCUT2D eigenvalue weighted by Gasteiger charge is 2.24. The van der Waals surface area contributed by atoms with E-state index in [-0.39, 0.29) is 12.2 Å². The predicted molar refractivity (Wildman–Crippen MR) is 87.0 cm³/mol. The number of hydrogen-bond donors (Lipinski definition) is 1. The molecule has 0 saturated carbocycles. The first-order chi connectivity index (χ1) is 11.2. The summed E-state index contributed by atoms with van der Waals surface area (Å²) in [5.41, 5.74) is 0. The van der Waals surface area contributed by atoms with Crippen molar-refractivity contribution in [1.82, 2.24) is 24.6 Å². The number of β-amino-alcohol motifs (C(OH)–C–C–N with tert-alkyl or cyclic N) is 1. The van der Waals surface area contributed by atoms with Gasteiger partial charge < -0.3 is 14.7 Å². The Hall–Kier alpha value is -1.02. The SMILES string of the molecule is CC1CCN(C[C@H](O)CN2CCO[C@H](Cn3cncn3)C2)CC1. The summed E-state index contributed by atoms with van der Waals surface area (Å²) in [6.07, 6.45) is 5.61. The number of rotatable bonds is 6. The fourth-order valence-electron chi connectivity index (χ4n) is 3.49. The zero-order valence-corrected chi connectivity index (χ0v) is 14.0. The van der Waals surface area contributed by atoms with Gasteiger partial charge >= 0.3 is 0 Å². The fraction of sp³-hybridized carbons (Fsp3) is 0.875. The number of aliphatic hydroxyl groups excluding tert-OH is 1. The Labute approximate surface area is 138 Å². The van der Waals surface area contributed by atoms with Crippen LogP contribution in [0.5, 0.6) is 0 Å². The third-order valence-corrected chi connectivity index (χ3v) is 4.89. The van der Waals surface area contributed by atoms with Gasteiger partial charge in [0.15, 0.2) is 0 Å². The van der Waals surface area contributed by atoms with Crippen molar-refractivity contribution < 1.29 is 9.84 Å². The molecule has 7 heteroatoms. The minimum Gasteiger partial charge on any atom is -0.390 e. The number of morpholine rings is 1. The Morgan fingerprint density at radius 1 is 1.22 bits per heavy atom. The molecule has 0 unspecified atom stereocenters. The summed E-state index contributed by atoms with van der Waals surface area (Å²) in [5, 5.41) is 14.5. The molecule has 3 rings (SSSR count). The molecule has 0 radical (unpaired) electrons. The summed E-state index contributed by atoms with van der Waals surface area (Å²) in [7, 11) is 0. The number of nitrogens with zero attached hydrogens (tertiary/aromatic N) is 5. The van der Waals surface area contributed by atoms with Crippen LogP contribution in [0.25, 0.3) is 0 Å². The van der Waals surface area contributed by atoms with Gasteiger partial charge in [0, 0.05) is 26.2 Å². The van der Waals surface area contributed by atoms with Crippen molar-refractivity contribution in [2.24, 2.45) is 5.92 Å². The minimum atomic E-state index is -0.284. The fourth-order valence-corrected chi connectivity index (χ4v) is 3.49. The molecule has 1 aromatic rings. The van der Waals surface area contributed by atoms with Crippen molar-refractivity contribution in [2.45, 2.75) is 38.5 Å². The Balaban J connectivity index is 1.40. The van der Waals surface area contributed by atoms with Gasteiger partial charge in [-0.15, -0.1) is 0 Å². The van der Waals surface area contributed by atoms with E-state index in [1.165, 1.54) is 12.8 Å². The van der Waals surface area contributed by atoms with Gasteiger partial charge in [0.05, 0.1) is 25.4 Å². The second-order valence-corrected chi connectivity index (χ2v) is 7.01. The van der Waals surface area contributed by atoms with Crippen molar-refractivity contribution in [3.63, 3.8) is 0 Å². The molecule has 7 nitrogen and oxygen atoms in total. The number of ether oxygens (including phenoxy) is 1. The molecule has 0 spiro atoms. The molecule has 23 heavy (non-hydrogen) atoms. The van der Waals surface area contributed by atoms with E-state index in [1.807, 2.05) is 0 Å². The molecule has 3 heterocycles. The molecule has 1 N–H and O–H groups in total. The zero-order chi connectivity index (χ0) is 16.1. The maximum atomic E-state index is 10.4. The molecule has 2 aliphatic heterocycles. The Morgan fingerprint density at radius 3 is 2.74 bits per heavy atom. The second-order valence-electron chi connectivity index (χ2n) is 7.01. The first-order valence-corrected chi connectivity index (χ1v) is 8.76. The topological polar surface area (TPSA) is 66.7 Å². The molecule has 2 atom stereocenters. The third-order valence-electron chi connectivity index (χ3n) is 4.89. The first kappa shape index (κ1) is 16.8. The van der Waals surface area contributed by atoms with Gasteiger partial charge in [-0.1, -0.05) is 6.92 Å². The van der Waals surface area contributed by atoms with Crippen molar-refractivity contribution in [2.75, 3.05) is 45.9 Å². The lowest BCUT2D eigenvalue weighted by Crippen LogP contribution is -2.49. The summed E-state index contributed by atoms with van der Waals surface area (Å²) in [5.74, 6) is 0.834. The van der Waals surface area contributed by atoms with E-state index in [0.717, 1.165) is 51.7 Å². The Bertz CT molecular complexity index is 447. The number of likely N-dealkylation sites (tertiary alicyclic amines) is 1. The number of piperidine rings is 1. The van der Waals surface area contributed by atoms with E-state index in [0.29, 0.717) is 6.61 Å². The second kappa shape index (κ2) is 8.19. The molecule has 2 fully saturated rings. The normalized spacial score (nSPS) is 26.4. The lowest BCUT2D eigenvalue weighted by atomic mass is 9.99. The van der Waals surface area contributed by atoms with Gasteiger partial charge in [0.25, 0.3) is 0 Å². The highest BCUT2D eigenvalue weighted by molar-refractivity contribution is 4.78. The maximum Gasteiger partial charge on any atom is 0.137 e. The minimum absolute atomic E-state index is 0.119. The van der Waals surface area contributed by atoms with Crippen LogP contribution in [0.4, 0.5) is 0 Å². The summed E-state index contributed by atoms with van der Waals surface area (Å²) < 4.78 is 7.61. The quantitative estimate of drug-likeness (QED) is 0.799.